The van der Waals surface area contributed by atoms with Gasteiger partial charge in [0.2, 0.25) is 0 Å². The minimum absolute atomic E-state index is 0.162. The molecule has 1 aromatic heterocycles. The van der Waals surface area contributed by atoms with E-state index in [9.17, 15) is 8.42 Å². The molecular formula is C18H20N2O3S3. The number of hydrogen-bond acceptors (Lipinski definition) is 6. The van der Waals surface area contributed by atoms with E-state index in [1.54, 1.807) is 41.3 Å². The molecule has 0 unspecified atom stereocenters. The van der Waals surface area contributed by atoms with Crippen molar-refractivity contribution < 1.29 is 13.2 Å². The number of nitrogens with zero attached hydrogens (tertiary/aromatic N) is 1. The predicted molar refractivity (Wildman–Crippen MR) is 109 cm³/mol. The van der Waals surface area contributed by atoms with E-state index in [0.29, 0.717) is 17.4 Å². The van der Waals surface area contributed by atoms with Gasteiger partial charge in [0.25, 0.3) is 10.0 Å². The van der Waals surface area contributed by atoms with Crippen molar-refractivity contribution in [2.75, 3.05) is 17.6 Å². The number of thiazole rings is 1. The first-order valence-corrected chi connectivity index (χ1v) is 11.4. The number of rotatable bonds is 7. The zero-order valence-corrected chi connectivity index (χ0v) is 17.2. The summed E-state index contributed by atoms with van der Waals surface area (Å²) in [5.41, 5.74) is 1.40. The van der Waals surface area contributed by atoms with Crippen molar-refractivity contribution in [1.29, 1.82) is 0 Å². The van der Waals surface area contributed by atoms with Gasteiger partial charge < -0.3 is 4.74 Å². The number of hydrogen-bond donors (Lipinski definition) is 1. The van der Waals surface area contributed by atoms with Gasteiger partial charge >= 0.3 is 0 Å². The van der Waals surface area contributed by atoms with E-state index in [2.05, 4.69) is 23.6 Å². The lowest BCUT2D eigenvalue weighted by molar-refractivity contribution is 0.413. The molecule has 3 rings (SSSR count). The number of thioether (sulfide) groups is 1. The molecule has 138 valence electrons. The third-order valence-electron chi connectivity index (χ3n) is 3.51. The third-order valence-corrected chi connectivity index (χ3v) is 7.48. The van der Waals surface area contributed by atoms with E-state index in [1.807, 2.05) is 12.1 Å². The van der Waals surface area contributed by atoms with E-state index in [1.165, 1.54) is 19.2 Å². The molecule has 0 amide bonds. The van der Waals surface area contributed by atoms with Crippen LogP contribution in [-0.4, -0.2) is 26.3 Å². The van der Waals surface area contributed by atoms with Crippen molar-refractivity contribution in [1.82, 2.24) is 4.98 Å². The Morgan fingerprint density at radius 3 is 2.77 bits per heavy atom. The van der Waals surface area contributed by atoms with Gasteiger partial charge in [-0.3, -0.25) is 4.72 Å². The van der Waals surface area contributed by atoms with E-state index in [0.717, 1.165) is 20.3 Å². The van der Waals surface area contributed by atoms with Gasteiger partial charge in [0.1, 0.15) is 5.75 Å². The highest BCUT2D eigenvalue weighted by Gasteiger charge is 2.16. The van der Waals surface area contributed by atoms with Crippen LogP contribution in [0.2, 0.25) is 0 Å². The molecule has 26 heavy (non-hydrogen) atoms. The van der Waals surface area contributed by atoms with Crippen molar-refractivity contribution in [3.63, 3.8) is 0 Å². The molecule has 0 saturated heterocycles. The zero-order chi connectivity index (χ0) is 18.7. The molecule has 0 aliphatic heterocycles. The van der Waals surface area contributed by atoms with Crippen LogP contribution in [0.1, 0.15) is 13.8 Å². The average Bonchev–Trinajstić information content (AvgIpc) is 3.02. The van der Waals surface area contributed by atoms with Crippen LogP contribution in [0.25, 0.3) is 10.2 Å². The van der Waals surface area contributed by atoms with Gasteiger partial charge in [-0.05, 0) is 36.2 Å². The van der Waals surface area contributed by atoms with Crippen molar-refractivity contribution in [2.24, 2.45) is 5.92 Å². The van der Waals surface area contributed by atoms with Crippen LogP contribution >= 0.6 is 23.1 Å². The van der Waals surface area contributed by atoms with Gasteiger partial charge in [-0.25, -0.2) is 13.4 Å². The molecule has 0 saturated carbocycles. The second kappa shape index (κ2) is 7.85. The van der Waals surface area contributed by atoms with E-state index in [4.69, 9.17) is 4.74 Å². The largest absolute Gasteiger partial charge is 0.497 e. The first-order chi connectivity index (χ1) is 12.4. The quantitative estimate of drug-likeness (QED) is 0.566. The molecular weight excluding hydrogens is 388 g/mol. The Kier molecular flexibility index (Phi) is 5.74. The Labute approximate surface area is 161 Å². The Bertz CT molecular complexity index is 1010. The van der Waals surface area contributed by atoms with Gasteiger partial charge in [0.05, 0.1) is 27.9 Å². The molecule has 2 aromatic carbocycles. The molecule has 0 radical (unpaired) electrons. The summed E-state index contributed by atoms with van der Waals surface area (Å²) in [6.45, 7) is 4.34. The summed E-state index contributed by atoms with van der Waals surface area (Å²) in [7, 11) is -2.17. The Morgan fingerprint density at radius 1 is 1.23 bits per heavy atom. The molecule has 5 nitrogen and oxygen atoms in total. The lowest BCUT2D eigenvalue weighted by Crippen LogP contribution is -2.12. The second-order valence-electron chi connectivity index (χ2n) is 6.15. The average molecular weight is 409 g/mol. The summed E-state index contributed by atoms with van der Waals surface area (Å²) in [5, 5.41) is 0. The highest BCUT2D eigenvalue weighted by atomic mass is 32.2. The van der Waals surface area contributed by atoms with Crippen LogP contribution in [0.5, 0.6) is 5.75 Å². The fraction of sp³-hybridized carbons (Fsp3) is 0.278. The number of sulfonamides is 1. The molecule has 0 atom stereocenters. The van der Waals surface area contributed by atoms with Gasteiger partial charge in [0.15, 0.2) is 4.34 Å². The van der Waals surface area contributed by atoms with Crippen molar-refractivity contribution >= 4 is 49.0 Å². The molecule has 1 N–H and O–H groups in total. The lowest BCUT2D eigenvalue weighted by atomic mass is 10.3. The molecule has 0 aliphatic rings. The molecule has 8 heteroatoms. The standard InChI is InChI=1S/C18H20N2O3S3/c1-12(2)11-24-18-19-16-8-7-13(9-17(16)25-18)20-26(21,22)15-6-4-5-14(10-15)23-3/h4-10,12,20H,11H2,1-3H3. The minimum atomic E-state index is -3.68. The summed E-state index contributed by atoms with van der Waals surface area (Å²) in [6, 6.07) is 11.8. The Morgan fingerprint density at radius 2 is 2.04 bits per heavy atom. The van der Waals surface area contributed by atoms with Crippen molar-refractivity contribution in [2.45, 2.75) is 23.1 Å². The summed E-state index contributed by atoms with van der Waals surface area (Å²) >= 11 is 3.31. The zero-order valence-electron chi connectivity index (χ0n) is 14.7. The molecule has 0 bridgehead atoms. The van der Waals surface area contributed by atoms with Crippen LogP contribution in [0, 0.1) is 5.92 Å². The van der Waals surface area contributed by atoms with Gasteiger partial charge in [-0.2, -0.15) is 0 Å². The van der Waals surface area contributed by atoms with E-state index < -0.39 is 10.0 Å². The SMILES string of the molecule is COc1cccc(S(=O)(=O)Nc2ccc3nc(SCC(C)C)sc3c2)c1. The fourth-order valence-corrected chi connectivity index (χ4v) is 5.42. The van der Waals surface area contributed by atoms with Crippen molar-refractivity contribution in [3.05, 3.63) is 42.5 Å². The van der Waals surface area contributed by atoms with Crippen LogP contribution in [-0.2, 0) is 10.0 Å². The topological polar surface area (TPSA) is 68.3 Å². The fourth-order valence-electron chi connectivity index (χ4n) is 2.25. The van der Waals surface area contributed by atoms with Gasteiger partial charge in [-0.15, -0.1) is 11.3 Å². The number of methoxy groups -OCH3 is 1. The van der Waals surface area contributed by atoms with E-state index in [-0.39, 0.29) is 4.90 Å². The Hall–Kier alpha value is -1.77. The number of nitrogens with one attached hydrogen (secondary N) is 1. The molecule has 0 fully saturated rings. The number of aromatic nitrogens is 1. The van der Waals surface area contributed by atoms with Crippen LogP contribution in [0.15, 0.2) is 51.7 Å². The summed E-state index contributed by atoms with van der Waals surface area (Å²) in [6.07, 6.45) is 0. The summed E-state index contributed by atoms with van der Waals surface area (Å²) in [5.74, 6) is 2.10. The first kappa shape index (κ1) is 19.0. The maximum absolute atomic E-state index is 12.6. The van der Waals surface area contributed by atoms with Crippen LogP contribution in [0.4, 0.5) is 5.69 Å². The van der Waals surface area contributed by atoms with Crippen molar-refractivity contribution in [3.8, 4) is 5.75 Å². The van der Waals surface area contributed by atoms with E-state index >= 15 is 0 Å². The highest BCUT2D eigenvalue weighted by molar-refractivity contribution is 8.01. The third kappa shape index (κ3) is 4.49. The Balaban J connectivity index is 1.83. The van der Waals surface area contributed by atoms with Gasteiger partial charge in [0, 0.05) is 11.8 Å². The predicted octanol–water partition coefficient (Wildman–Crippen LogP) is 4.85. The first-order valence-electron chi connectivity index (χ1n) is 8.07. The number of fused-ring (bicyclic) bond motifs is 1. The van der Waals surface area contributed by atoms with Crippen LogP contribution < -0.4 is 9.46 Å². The maximum Gasteiger partial charge on any atom is 0.262 e. The smallest absolute Gasteiger partial charge is 0.262 e. The van der Waals surface area contributed by atoms with Crippen LogP contribution in [0.3, 0.4) is 0 Å². The molecule has 3 aromatic rings. The lowest BCUT2D eigenvalue weighted by Gasteiger charge is -2.09. The summed E-state index contributed by atoms with van der Waals surface area (Å²) < 4.78 is 34.9. The molecule has 1 heterocycles. The normalized spacial score (nSPS) is 11.8. The highest BCUT2D eigenvalue weighted by Crippen LogP contribution is 2.32. The number of anilines is 1. The molecule has 0 spiro atoms. The monoisotopic (exact) mass is 408 g/mol. The number of ether oxygens (including phenoxy) is 1. The van der Waals surface area contributed by atoms with Gasteiger partial charge in [-0.1, -0.05) is 31.7 Å². The summed E-state index contributed by atoms with van der Waals surface area (Å²) in [4.78, 5) is 4.75. The number of benzene rings is 2. The molecule has 0 aliphatic carbocycles. The maximum atomic E-state index is 12.6. The minimum Gasteiger partial charge on any atom is -0.497 e. The second-order valence-corrected chi connectivity index (χ2v) is 10.1.